The molecule has 0 amide bonds. The Morgan fingerprint density at radius 3 is 3.18 bits per heavy atom. The van der Waals surface area contributed by atoms with Crippen molar-refractivity contribution in [3.8, 4) is 5.75 Å². The number of nitrogens with zero attached hydrogens (tertiary/aromatic N) is 1. The minimum Gasteiger partial charge on any atom is -0.508 e. The predicted octanol–water partition coefficient (Wildman–Crippen LogP) is 1.89. The number of benzene rings is 1. The lowest BCUT2D eigenvalue weighted by molar-refractivity contribution is 0.474. The quantitative estimate of drug-likeness (QED) is 0.753. The van der Waals surface area contributed by atoms with Gasteiger partial charge in [-0.2, -0.15) is 5.10 Å². The number of phenolic OH excluding ortho intramolecular Hbond substituents is 1. The molecule has 88 valence electrons. The summed E-state index contributed by atoms with van der Waals surface area (Å²) in [6, 6.07) is 8.00. The molecule has 0 saturated carbocycles. The van der Waals surface area contributed by atoms with E-state index < -0.39 is 0 Å². The molecule has 0 fully saturated rings. The van der Waals surface area contributed by atoms with Crippen molar-refractivity contribution in [2.24, 2.45) is 0 Å². The maximum Gasteiger partial charge on any atom is 0.115 e. The number of aromatic amines is 1. The topological polar surface area (TPSA) is 60.9 Å². The van der Waals surface area contributed by atoms with Gasteiger partial charge in [-0.3, -0.25) is 5.10 Å². The van der Waals surface area contributed by atoms with E-state index in [1.165, 1.54) is 11.1 Å². The number of rotatable bonds is 3. The number of aryl methyl sites for hydroxylation is 1. The number of fused-ring (bicyclic) bond motifs is 1. The Morgan fingerprint density at radius 1 is 1.41 bits per heavy atom. The molecule has 1 atom stereocenters. The highest BCUT2D eigenvalue weighted by atomic mass is 16.3. The lowest BCUT2D eigenvalue weighted by Crippen LogP contribution is -2.18. The van der Waals surface area contributed by atoms with Crippen LogP contribution >= 0.6 is 0 Å². The van der Waals surface area contributed by atoms with Crippen LogP contribution in [0, 0.1) is 0 Å². The van der Waals surface area contributed by atoms with Gasteiger partial charge in [-0.15, -0.1) is 0 Å². The zero-order valence-corrected chi connectivity index (χ0v) is 9.48. The molecule has 17 heavy (non-hydrogen) atoms. The van der Waals surface area contributed by atoms with Gasteiger partial charge in [0.25, 0.3) is 0 Å². The summed E-state index contributed by atoms with van der Waals surface area (Å²) in [4.78, 5) is 0. The Balaban J connectivity index is 1.71. The molecular formula is C13H15N3O. The Morgan fingerprint density at radius 2 is 2.35 bits per heavy atom. The third kappa shape index (κ3) is 2.03. The molecule has 1 unspecified atom stereocenters. The summed E-state index contributed by atoms with van der Waals surface area (Å²) in [6.45, 7) is 0.797. The van der Waals surface area contributed by atoms with Crippen molar-refractivity contribution in [3.63, 3.8) is 0 Å². The van der Waals surface area contributed by atoms with Gasteiger partial charge in [0.2, 0.25) is 0 Å². The number of hydrogen-bond acceptors (Lipinski definition) is 3. The van der Waals surface area contributed by atoms with E-state index in [1.54, 1.807) is 12.3 Å². The van der Waals surface area contributed by atoms with Gasteiger partial charge in [0.15, 0.2) is 0 Å². The van der Waals surface area contributed by atoms with E-state index in [9.17, 15) is 5.11 Å². The van der Waals surface area contributed by atoms with Gasteiger partial charge in [0.05, 0.1) is 0 Å². The number of nitrogens with one attached hydrogen (secondary N) is 2. The van der Waals surface area contributed by atoms with Crippen molar-refractivity contribution in [2.45, 2.75) is 25.4 Å². The summed E-state index contributed by atoms with van der Waals surface area (Å²) in [5, 5.41) is 19.8. The summed E-state index contributed by atoms with van der Waals surface area (Å²) in [5.41, 5.74) is 3.66. The number of hydrogen-bond donors (Lipinski definition) is 3. The Kier molecular flexibility index (Phi) is 2.57. The van der Waals surface area contributed by atoms with E-state index in [0.717, 1.165) is 25.1 Å². The molecule has 0 radical (unpaired) electrons. The summed E-state index contributed by atoms with van der Waals surface area (Å²) in [6.07, 6.45) is 3.88. The fourth-order valence-electron chi connectivity index (χ4n) is 2.43. The number of phenols is 1. The van der Waals surface area contributed by atoms with Crippen LogP contribution in [0.2, 0.25) is 0 Å². The molecule has 0 aliphatic heterocycles. The minimum atomic E-state index is 0.359. The largest absolute Gasteiger partial charge is 0.508 e. The number of aromatic hydroxyl groups is 1. The Labute approximate surface area is 99.7 Å². The normalized spacial score (nSPS) is 18.2. The highest BCUT2D eigenvalue weighted by Crippen LogP contribution is 2.33. The first-order valence-corrected chi connectivity index (χ1v) is 5.86. The van der Waals surface area contributed by atoms with Crippen molar-refractivity contribution >= 4 is 0 Å². The van der Waals surface area contributed by atoms with E-state index >= 15 is 0 Å². The van der Waals surface area contributed by atoms with Gasteiger partial charge < -0.3 is 10.4 Å². The standard InChI is InChI=1S/C13H15N3O/c17-11-2-3-12-9(7-11)1-4-13(12)14-8-10-5-6-15-16-10/h2-3,5-7,13-14,17H,1,4,8H2,(H,15,16). The lowest BCUT2D eigenvalue weighted by Gasteiger charge is -2.13. The highest BCUT2D eigenvalue weighted by Gasteiger charge is 2.22. The van der Waals surface area contributed by atoms with Crippen LogP contribution in [0.1, 0.15) is 29.3 Å². The average molecular weight is 229 g/mol. The van der Waals surface area contributed by atoms with Crippen molar-refractivity contribution in [1.29, 1.82) is 0 Å². The average Bonchev–Trinajstić information content (AvgIpc) is 2.94. The molecule has 1 aliphatic rings. The molecule has 0 bridgehead atoms. The summed E-state index contributed by atoms with van der Waals surface area (Å²) >= 11 is 0. The van der Waals surface area contributed by atoms with Crippen molar-refractivity contribution < 1.29 is 5.11 Å². The van der Waals surface area contributed by atoms with Crippen LogP contribution in [0.5, 0.6) is 5.75 Å². The maximum absolute atomic E-state index is 9.43. The van der Waals surface area contributed by atoms with Gasteiger partial charge in [-0.25, -0.2) is 0 Å². The van der Waals surface area contributed by atoms with Crippen LogP contribution in [0.15, 0.2) is 30.5 Å². The molecule has 1 aliphatic carbocycles. The van der Waals surface area contributed by atoms with Crippen molar-refractivity contribution in [1.82, 2.24) is 15.5 Å². The lowest BCUT2D eigenvalue weighted by atomic mass is 10.1. The van der Waals surface area contributed by atoms with Crippen LogP contribution in [-0.2, 0) is 13.0 Å². The third-order valence-corrected chi connectivity index (χ3v) is 3.30. The molecule has 0 spiro atoms. The second-order valence-corrected chi connectivity index (χ2v) is 4.44. The molecular weight excluding hydrogens is 214 g/mol. The number of aromatic nitrogens is 2. The van der Waals surface area contributed by atoms with E-state index in [4.69, 9.17) is 0 Å². The second-order valence-electron chi connectivity index (χ2n) is 4.44. The van der Waals surface area contributed by atoms with E-state index in [0.29, 0.717) is 11.8 Å². The molecule has 4 heteroatoms. The molecule has 1 aromatic carbocycles. The molecule has 1 aromatic heterocycles. The third-order valence-electron chi connectivity index (χ3n) is 3.30. The van der Waals surface area contributed by atoms with Crippen LogP contribution in [-0.4, -0.2) is 15.3 Å². The molecule has 4 nitrogen and oxygen atoms in total. The van der Waals surface area contributed by atoms with Crippen LogP contribution in [0.25, 0.3) is 0 Å². The van der Waals surface area contributed by atoms with E-state index in [2.05, 4.69) is 15.5 Å². The molecule has 0 saturated heterocycles. The smallest absolute Gasteiger partial charge is 0.115 e. The molecule has 2 aromatic rings. The first kappa shape index (κ1) is 10.4. The summed E-state index contributed by atoms with van der Waals surface area (Å²) in [7, 11) is 0. The monoisotopic (exact) mass is 229 g/mol. The summed E-state index contributed by atoms with van der Waals surface area (Å²) < 4.78 is 0. The Hall–Kier alpha value is -1.81. The predicted molar refractivity (Wildman–Crippen MR) is 64.6 cm³/mol. The maximum atomic E-state index is 9.43. The van der Waals surface area contributed by atoms with Gasteiger partial charge in [-0.05, 0) is 42.2 Å². The van der Waals surface area contributed by atoms with Crippen LogP contribution < -0.4 is 5.32 Å². The first-order chi connectivity index (χ1) is 8.33. The van der Waals surface area contributed by atoms with Crippen molar-refractivity contribution in [2.75, 3.05) is 0 Å². The zero-order chi connectivity index (χ0) is 11.7. The number of H-pyrrole nitrogens is 1. The van der Waals surface area contributed by atoms with Gasteiger partial charge in [-0.1, -0.05) is 6.07 Å². The first-order valence-electron chi connectivity index (χ1n) is 5.86. The van der Waals surface area contributed by atoms with Gasteiger partial charge >= 0.3 is 0 Å². The highest BCUT2D eigenvalue weighted by molar-refractivity contribution is 5.40. The summed E-state index contributed by atoms with van der Waals surface area (Å²) in [5.74, 6) is 0.359. The second kappa shape index (κ2) is 4.22. The van der Waals surface area contributed by atoms with E-state index in [1.807, 2.05) is 18.2 Å². The van der Waals surface area contributed by atoms with Gasteiger partial charge in [0, 0.05) is 24.5 Å². The molecule has 3 N–H and O–H groups in total. The fourth-order valence-corrected chi connectivity index (χ4v) is 2.43. The molecule has 1 heterocycles. The van der Waals surface area contributed by atoms with Crippen LogP contribution in [0.3, 0.4) is 0 Å². The van der Waals surface area contributed by atoms with Crippen molar-refractivity contribution in [3.05, 3.63) is 47.3 Å². The minimum absolute atomic E-state index is 0.359. The fraction of sp³-hybridized carbons (Fsp3) is 0.308. The van der Waals surface area contributed by atoms with Gasteiger partial charge in [0.1, 0.15) is 5.75 Å². The zero-order valence-electron chi connectivity index (χ0n) is 9.48. The molecule has 3 rings (SSSR count). The Bertz CT molecular complexity index is 507. The SMILES string of the molecule is Oc1ccc2c(c1)CCC2NCc1ccn[nH]1. The van der Waals surface area contributed by atoms with E-state index in [-0.39, 0.29) is 0 Å². The van der Waals surface area contributed by atoms with Crippen LogP contribution in [0.4, 0.5) is 0 Å².